The standard InChI is InChI=1S/C14H24N4/c1-11(2)17-14(5,9-15)7-6-8-18-10-16-12(3)13(18)4/h10-11,17H,6-8H2,1-5H3. The number of nitriles is 1. The summed E-state index contributed by atoms with van der Waals surface area (Å²) < 4.78 is 2.16. The molecule has 100 valence electrons. The van der Waals surface area contributed by atoms with Crippen molar-refractivity contribution in [3.8, 4) is 6.07 Å². The molecule has 4 heteroatoms. The van der Waals surface area contributed by atoms with Crippen LogP contribution in [0.2, 0.25) is 0 Å². The second kappa shape index (κ2) is 6.01. The first-order chi connectivity index (χ1) is 8.38. The van der Waals surface area contributed by atoms with E-state index in [1.54, 1.807) is 0 Å². The SMILES string of the molecule is Cc1ncn(CCCC(C)(C#N)NC(C)C)c1C. The lowest BCUT2D eigenvalue weighted by molar-refractivity contribution is 0.364. The Morgan fingerprint density at radius 2 is 2.17 bits per heavy atom. The summed E-state index contributed by atoms with van der Waals surface area (Å²) in [6, 6.07) is 2.71. The van der Waals surface area contributed by atoms with Crippen LogP contribution >= 0.6 is 0 Å². The minimum Gasteiger partial charge on any atom is -0.335 e. The highest BCUT2D eigenvalue weighted by molar-refractivity contribution is 5.08. The number of aryl methyl sites for hydroxylation is 2. The Morgan fingerprint density at radius 1 is 1.50 bits per heavy atom. The molecule has 0 radical (unpaired) electrons. The first kappa shape index (κ1) is 14.7. The molecular formula is C14H24N4. The number of hydrogen-bond acceptors (Lipinski definition) is 3. The van der Waals surface area contributed by atoms with Crippen LogP contribution in [0, 0.1) is 25.2 Å². The Labute approximate surface area is 110 Å². The van der Waals surface area contributed by atoms with E-state index in [4.69, 9.17) is 0 Å². The van der Waals surface area contributed by atoms with Gasteiger partial charge in [0.05, 0.1) is 18.1 Å². The minimum absolute atomic E-state index is 0.326. The van der Waals surface area contributed by atoms with Gasteiger partial charge < -0.3 is 4.57 Å². The zero-order valence-electron chi connectivity index (χ0n) is 12.1. The lowest BCUT2D eigenvalue weighted by Crippen LogP contribution is -2.45. The van der Waals surface area contributed by atoms with Crippen LogP contribution in [0.15, 0.2) is 6.33 Å². The number of rotatable bonds is 6. The van der Waals surface area contributed by atoms with E-state index in [1.807, 2.05) is 20.2 Å². The van der Waals surface area contributed by atoms with Crippen LogP contribution in [0.4, 0.5) is 0 Å². The molecule has 1 N–H and O–H groups in total. The minimum atomic E-state index is -0.433. The molecule has 1 aromatic heterocycles. The summed E-state index contributed by atoms with van der Waals surface area (Å²) in [6.45, 7) is 11.1. The van der Waals surface area contributed by atoms with Gasteiger partial charge in [-0.1, -0.05) is 0 Å². The molecule has 0 fully saturated rings. The third-order valence-electron chi connectivity index (χ3n) is 3.27. The average Bonchev–Trinajstić information content (AvgIpc) is 2.60. The molecule has 0 aliphatic carbocycles. The summed E-state index contributed by atoms with van der Waals surface area (Å²) in [5.74, 6) is 0. The van der Waals surface area contributed by atoms with Crippen LogP contribution < -0.4 is 5.32 Å². The topological polar surface area (TPSA) is 53.6 Å². The van der Waals surface area contributed by atoms with Crippen molar-refractivity contribution in [3.63, 3.8) is 0 Å². The third kappa shape index (κ3) is 3.85. The summed E-state index contributed by atoms with van der Waals surface area (Å²) >= 11 is 0. The fourth-order valence-electron chi connectivity index (χ4n) is 2.17. The van der Waals surface area contributed by atoms with E-state index >= 15 is 0 Å². The predicted octanol–water partition coefficient (Wildman–Crippen LogP) is 2.56. The zero-order valence-corrected chi connectivity index (χ0v) is 12.1. The number of nitrogens with zero attached hydrogens (tertiary/aromatic N) is 3. The molecule has 0 bridgehead atoms. The van der Waals surface area contributed by atoms with Gasteiger partial charge in [-0.2, -0.15) is 5.26 Å². The normalized spacial score (nSPS) is 14.5. The summed E-state index contributed by atoms with van der Waals surface area (Å²) in [7, 11) is 0. The van der Waals surface area contributed by atoms with E-state index in [0.717, 1.165) is 25.1 Å². The molecule has 0 spiro atoms. The molecule has 0 amide bonds. The van der Waals surface area contributed by atoms with Gasteiger partial charge in [-0.3, -0.25) is 5.32 Å². The molecule has 4 nitrogen and oxygen atoms in total. The fourth-order valence-corrected chi connectivity index (χ4v) is 2.17. The molecule has 1 rings (SSSR count). The van der Waals surface area contributed by atoms with Crippen molar-refractivity contribution in [2.75, 3.05) is 0 Å². The molecule has 0 aliphatic heterocycles. The molecule has 0 saturated heterocycles. The van der Waals surface area contributed by atoms with Crippen LogP contribution in [0.3, 0.4) is 0 Å². The molecule has 1 unspecified atom stereocenters. The molecule has 1 aromatic rings. The second-order valence-electron chi connectivity index (χ2n) is 5.46. The molecular weight excluding hydrogens is 224 g/mol. The van der Waals surface area contributed by atoms with Crippen LogP contribution in [-0.2, 0) is 6.54 Å². The predicted molar refractivity (Wildman–Crippen MR) is 73.2 cm³/mol. The average molecular weight is 248 g/mol. The van der Waals surface area contributed by atoms with Crippen molar-refractivity contribution in [1.82, 2.24) is 14.9 Å². The fraction of sp³-hybridized carbons (Fsp3) is 0.714. The number of aromatic nitrogens is 2. The largest absolute Gasteiger partial charge is 0.335 e. The van der Waals surface area contributed by atoms with Crippen molar-refractivity contribution in [1.29, 1.82) is 5.26 Å². The molecule has 0 saturated carbocycles. The van der Waals surface area contributed by atoms with Gasteiger partial charge in [-0.25, -0.2) is 4.98 Å². The lowest BCUT2D eigenvalue weighted by atomic mass is 9.96. The molecule has 18 heavy (non-hydrogen) atoms. The maximum Gasteiger partial charge on any atom is 0.104 e. The summed E-state index contributed by atoms with van der Waals surface area (Å²) in [5, 5.41) is 12.6. The Balaban J connectivity index is 2.50. The lowest BCUT2D eigenvalue weighted by Gasteiger charge is -2.26. The summed E-state index contributed by atoms with van der Waals surface area (Å²) in [4.78, 5) is 4.28. The van der Waals surface area contributed by atoms with Gasteiger partial charge >= 0.3 is 0 Å². The molecule has 1 heterocycles. The molecule has 0 aromatic carbocycles. The number of hydrogen-bond donors (Lipinski definition) is 1. The molecule has 0 aliphatic rings. The highest BCUT2D eigenvalue weighted by Gasteiger charge is 2.23. The van der Waals surface area contributed by atoms with E-state index in [2.05, 4.69) is 41.7 Å². The highest BCUT2D eigenvalue weighted by atomic mass is 15.1. The zero-order chi connectivity index (χ0) is 13.8. The first-order valence-electron chi connectivity index (χ1n) is 6.55. The first-order valence-corrected chi connectivity index (χ1v) is 6.55. The van der Waals surface area contributed by atoms with Gasteiger partial charge in [0.15, 0.2) is 0 Å². The van der Waals surface area contributed by atoms with Gasteiger partial charge in [0.2, 0.25) is 0 Å². The van der Waals surface area contributed by atoms with Crippen molar-refractivity contribution < 1.29 is 0 Å². The van der Waals surface area contributed by atoms with E-state index in [1.165, 1.54) is 5.69 Å². The van der Waals surface area contributed by atoms with Gasteiger partial charge in [0, 0.05) is 18.3 Å². The van der Waals surface area contributed by atoms with E-state index in [0.29, 0.717) is 6.04 Å². The van der Waals surface area contributed by atoms with Gasteiger partial charge in [-0.05, 0) is 47.5 Å². The highest BCUT2D eigenvalue weighted by Crippen LogP contribution is 2.14. The van der Waals surface area contributed by atoms with E-state index < -0.39 is 5.54 Å². The smallest absolute Gasteiger partial charge is 0.104 e. The Morgan fingerprint density at radius 3 is 2.61 bits per heavy atom. The van der Waals surface area contributed by atoms with Crippen molar-refractivity contribution in [2.24, 2.45) is 0 Å². The monoisotopic (exact) mass is 248 g/mol. The second-order valence-corrected chi connectivity index (χ2v) is 5.46. The van der Waals surface area contributed by atoms with Gasteiger partial charge in [0.25, 0.3) is 0 Å². The van der Waals surface area contributed by atoms with E-state index in [-0.39, 0.29) is 0 Å². The Hall–Kier alpha value is -1.34. The summed E-state index contributed by atoms with van der Waals surface area (Å²) in [6.07, 6.45) is 3.70. The number of imidazole rings is 1. The van der Waals surface area contributed by atoms with Crippen molar-refractivity contribution in [3.05, 3.63) is 17.7 Å². The van der Waals surface area contributed by atoms with Crippen LogP contribution in [-0.4, -0.2) is 21.1 Å². The van der Waals surface area contributed by atoms with Crippen LogP contribution in [0.25, 0.3) is 0 Å². The Kier molecular flexibility index (Phi) is 4.92. The Bertz CT molecular complexity index is 427. The number of nitrogens with one attached hydrogen (secondary N) is 1. The van der Waals surface area contributed by atoms with Crippen LogP contribution in [0.5, 0.6) is 0 Å². The van der Waals surface area contributed by atoms with Crippen LogP contribution in [0.1, 0.15) is 45.0 Å². The molecule has 1 atom stereocenters. The van der Waals surface area contributed by atoms with Gasteiger partial charge in [0.1, 0.15) is 5.54 Å². The quantitative estimate of drug-likeness (QED) is 0.841. The summed E-state index contributed by atoms with van der Waals surface area (Å²) in [5.41, 5.74) is 1.86. The van der Waals surface area contributed by atoms with Gasteiger partial charge in [-0.15, -0.1) is 0 Å². The maximum atomic E-state index is 9.26. The maximum absolute atomic E-state index is 9.26. The van der Waals surface area contributed by atoms with Crippen molar-refractivity contribution in [2.45, 2.75) is 65.6 Å². The third-order valence-corrected chi connectivity index (χ3v) is 3.27. The van der Waals surface area contributed by atoms with Crippen molar-refractivity contribution >= 4 is 0 Å². The van der Waals surface area contributed by atoms with E-state index in [9.17, 15) is 5.26 Å².